The maximum atomic E-state index is 7.50. The topological polar surface area (TPSA) is 59.7 Å². The Labute approximate surface area is 279 Å². The minimum atomic E-state index is -0.877. The van der Waals surface area contributed by atoms with Crippen molar-refractivity contribution in [2.24, 2.45) is 0 Å². The van der Waals surface area contributed by atoms with Crippen LogP contribution in [0.3, 0.4) is 0 Å². The standard InChI is InChI=1S/2C18H15P.3CO.Fe/c2*1-4-10-16(11-5-1)19(17-12-6-2-7-13-17)18-14-8-3-9-15-18;3*1-2;/h2*1-15H;;;;/p+2. The van der Waals surface area contributed by atoms with Gasteiger partial charge in [0.1, 0.15) is 31.8 Å². The Morgan fingerprint density at radius 3 is 0.467 bits per heavy atom. The van der Waals surface area contributed by atoms with Crippen molar-refractivity contribution in [3.63, 3.8) is 0 Å². The quantitative estimate of drug-likeness (QED) is 0.0876. The van der Waals surface area contributed by atoms with Crippen LogP contribution in [0, 0.1) is 20.0 Å². The molecule has 6 aromatic carbocycles. The molecule has 0 bridgehead atoms. The number of hydrogen-bond acceptors (Lipinski definition) is 0. The molecule has 3 nitrogen and oxygen atoms in total. The third kappa shape index (κ3) is 12.4. The van der Waals surface area contributed by atoms with Crippen molar-refractivity contribution in [3.05, 3.63) is 202 Å². The monoisotopic (exact) mass is 666 g/mol. The molecule has 0 heterocycles. The molecule has 45 heavy (non-hydrogen) atoms. The number of hydrogen-bond donors (Lipinski definition) is 0. The molecule has 6 rings (SSSR count). The fourth-order valence-corrected chi connectivity index (χ4v) is 9.78. The van der Waals surface area contributed by atoms with Gasteiger partial charge in [-0.25, -0.2) is 0 Å². The smallest absolute Gasteiger partial charge is 0.0620 e. The second kappa shape index (κ2) is 24.3. The van der Waals surface area contributed by atoms with Crippen molar-refractivity contribution in [2.75, 3.05) is 0 Å². The normalized spacial score (nSPS) is 9.07. The van der Waals surface area contributed by atoms with Gasteiger partial charge in [0.15, 0.2) is 0 Å². The Bertz CT molecular complexity index is 1310. The van der Waals surface area contributed by atoms with Gasteiger partial charge in [0.25, 0.3) is 0 Å². The molecule has 0 aliphatic heterocycles. The molecule has 6 aromatic rings. The zero-order valence-corrected chi connectivity index (χ0v) is 27.5. The minimum Gasteiger partial charge on any atom is -0.0620 e. The third-order valence-electron chi connectivity index (χ3n) is 6.37. The molecule has 0 saturated carbocycles. The van der Waals surface area contributed by atoms with Gasteiger partial charge < -0.3 is 0 Å². The van der Waals surface area contributed by atoms with Crippen LogP contribution in [0.15, 0.2) is 182 Å². The van der Waals surface area contributed by atoms with Gasteiger partial charge in [0.2, 0.25) is 0 Å². The molecule has 0 aliphatic rings. The van der Waals surface area contributed by atoms with E-state index in [1.165, 1.54) is 31.8 Å². The van der Waals surface area contributed by atoms with E-state index in [1.807, 2.05) is 0 Å². The van der Waals surface area contributed by atoms with Crippen LogP contribution in [-0.2, 0) is 31.0 Å². The minimum absolute atomic E-state index is 0. The van der Waals surface area contributed by atoms with Gasteiger partial charge in [-0.15, -0.1) is 0 Å². The van der Waals surface area contributed by atoms with E-state index < -0.39 is 15.8 Å². The molecule has 6 heteroatoms. The largest absolute Gasteiger partial charge is 0.102 e. The Balaban J connectivity index is 0.000000379. The molecular weight excluding hydrogens is 634 g/mol. The summed E-state index contributed by atoms with van der Waals surface area (Å²) in [7, 11) is -1.75. The average Bonchev–Trinajstić information content (AvgIpc) is 3.14. The van der Waals surface area contributed by atoms with Crippen molar-refractivity contribution >= 4 is 47.7 Å². The molecule has 222 valence electrons. The van der Waals surface area contributed by atoms with E-state index in [4.69, 9.17) is 14.0 Å². The maximum Gasteiger partial charge on any atom is 0.102 e. The van der Waals surface area contributed by atoms with Gasteiger partial charge in [-0.3, -0.25) is 0 Å². The summed E-state index contributed by atoms with van der Waals surface area (Å²) in [5.74, 6) is 0. The summed E-state index contributed by atoms with van der Waals surface area (Å²) in [5, 5.41) is 8.61. The van der Waals surface area contributed by atoms with Crippen molar-refractivity contribution in [3.8, 4) is 0 Å². The van der Waals surface area contributed by atoms with Crippen molar-refractivity contribution in [2.45, 2.75) is 0 Å². The van der Waals surface area contributed by atoms with E-state index in [2.05, 4.69) is 202 Å². The fraction of sp³-hybridized carbons (Fsp3) is 0. The summed E-state index contributed by atoms with van der Waals surface area (Å²) >= 11 is 0. The summed E-state index contributed by atoms with van der Waals surface area (Å²) in [6.45, 7) is 13.5. The molecule has 0 radical (unpaired) electrons. The molecule has 0 aliphatic carbocycles. The van der Waals surface area contributed by atoms with E-state index in [1.54, 1.807) is 0 Å². The first-order valence-corrected chi connectivity index (χ1v) is 16.6. The van der Waals surface area contributed by atoms with Crippen LogP contribution in [0.25, 0.3) is 0 Å². The summed E-state index contributed by atoms with van der Waals surface area (Å²) in [6.07, 6.45) is 0. The van der Waals surface area contributed by atoms with Gasteiger partial charge in [0.05, 0.1) is 15.8 Å². The molecule has 0 amide bonds. The van der Waals surface area contributed by atoms with E-state index in [-0.39, 0.29) is 17.1 Å². The zero-order valence-electron chi connectivity index (χ0n) is 24.4. The Morgan fingerprint density at radius 2 is 0.356 bits per heavy atom. The van der Waals surface area contributed by atoms with Crippen LogP contribution in [0.5, 0.6) is 0 Å². The van der Waals surface area contributed by atoms with Gasteiger partial charge in [-0.2, -0.15) is 0 Å². The first-order chi connectivity index (χ1) is 21.9. The molecule has 0 unspecified atom stereocenters. The Kier molecular flexibility index (Phi) is 21.0. The molecule has 0 atom stereocenters. The van der Waals surface area contributed by atoms with Gasteiger partial charge in [-0.05, 0) is 72.8 Å². The van der Waals surface area contributed by atoms with Crippen LogP contribution in [0.2, 0.25) is 0 Å². The van der Waals surface area contributed by atoms with E-state index in [9.17, 15) is 0 Å². The number of rotatable bonds is 6. The van der Waals surface area contributed by atoms with Gasteiger partial charge >= 0.3 is 33.9 Å². The number of benzene rings is 6. The third-order valence-corrected chi connectivity index (χ3v) is 11.8. The molecule has 0 spiro atoms. The second-order valence-corrected chi connectivity index (χ2v) is 13.9. The van der Waals surface area contributed by atoms with E-state index in [0.717, 1.165) is 0 Å². The summed E-state index contributed by atoms with van der Waals surface area (Å²) in [6, 6.07) is 65.0. The first kappa shape index (κ1) is 38.9. The summed E-state index contributed by atoms with van der Waals surface area (Å²) in [5.41, 5.74) is 0. The van der Waals surface area contributed by atoms with Crippen molar-refractivity contribution in [1.82, 2.24) is 0 Å². The Morgan fingerprint density at radius 1 is 0.244 bits per heavy atom. The van der Waals surface area contributed by atoms with Crippen LogP contribution in [0.4, 0.5) is 0 Å². The molecule has 0 fully saturated rings. The summed E-state index contributed by atoms with van der Waals surface area (Å²) < 4.78 is 22.5. The fourth-order valence-electron chi connectivity index (χ4n) is 4.63. The average molecular weight is 666 g/mol. The SMILES string of the molecule is [C-]#[O+].[C-]#[O+].[C-]#[O+].[Fe].c1ccc([PH+](c2ccccc2)c2ccccc2)cc1.c1ccc([PH+](c2ccccc2)c2ccccc2)cc1. The zero-order chi connectivity index (χ0) is 31.8. The van der Waals surface area contributed by atoms with Crippen molar-refractivity contribution < 1.29 is 31.0 Å². The van der Waals surface area contributed by atoms with Crippen LogP contribution < -0.4 is 31.8 Å². The summed E-state index contributed by atoms with van der Waals surface area (Å²) in [4.78, 5) is 0. The van der Waals surface area contributed by atoms with Crippen LogP contribution in [0.1, 0.15) is 0 Å². The van der Waals surface area contributed by atoms with Crippen LogP contribution in [-0.4, -0.2) is 0 Å². The predicted molar refractivity (Wildman–Crippen MR) is 185 cm³/mol. The van der Waals surface area contributed by atoms with E-state index >= 15 is 0 Å². The molecule has 0 saturated heterocycles. The van der Waals surface area contributed by atoms with Crippen molar-refractivity contribution in [1.29, 1.82) is 0 Å². The van der Waals surface area contributed by atoms with Gasteiger partial charge in [-0.1, -0.05) is 109 Å². The second-order valence-electron chi connectivity index (χ2n) is 8.95. The molecular formula is C39H32FeO3P2+2. The molecule has 0 N–H and O–H groups in total. The Hall–Kier alpha value is -4.08. The van der Waals surface area contributed by atoms with E-state index in [0.29, 0.717) is 0 Å². The van der Waals surface area contributed by atoms with Gasteiger partial charge in [0, 0.05) is 17.1 Å². The first-order valence-electron chi connectivity index (χ1n) is 13.6. The predicted octanol–water partition coefficient (Wildman–Crippen LogP) is 6.24. The molecule has 0 aromatic heterocycles. The maximum absolute atomic E-state index is 7.50. The van der Waals surface area contributed by atoms with Crippen LogP contribution >= 0.6 is 15.8 Å².